The summed E-state index contributed by atoms with van der Waals surface area (Å²) < 4.78 is 5.63. The fourth-order valence-electron chi connectivity index (χ4n) is 2.25. The second kappa shape index (κ2) is 6.64. The molecule has 2 heterocycles. The molecule has 0 spiro atoms. The van der Waals surface area contributed by atoms with Crippen molar-refractivity contribution < 1.29 is 14.1 Å². The highest BCUT2D eigenvalue weighted by Gasteiger charge is 2.18. The average molecular weight is 339 g/mol. The third kappa shape index (κ3) is 3.33. The molecule has 0 bridgehead atoms. The average Bonchev–Trinajstić information content (AvgIpc) is 3.24. The van der Waals surface area contributed by atoms with Crippen molar-refractivity contribution >= 4 is 28.9 Å². The van der Waals surface area contributed by atoms with E-state index >= 15 is 0 Å². The van der Waals surface area contributed by atoms with Gasteiger partial charge in [-0.15, -0.1) is 11.3 Å². The monoisotopic (exact) mass is 339 g/mol. The summed E-state index contributed by atoms with van der Waals surface area (Å²) in [5, 5.41) is 13.0. The molecule has 0 saturated heterocycles. The Morgan fingerprint density at radius 3 is 2.79 bits per heavy atom. The number of carbonyl (C=O) groups excluding carboxylic acids is 1. The Morgan fingerprint density at radius 2 is 2.08 bits per heavy atom. The van der Waals surface area contributed by atoms with Crippen molar-refractivity contribution in [3.05, 3.63) is 80.2 Å². The lowest BCUT2D eigenvalue weighted by molar-refractivity contribution is -0.384. The summed E-state index contributed by atoms with van der Waals surface area (Å²) in [6.07, 6.45) is 2.99. The number of carbonyl (C=O) groups is 1. The van der Waals surface area contributed by atoms with Crippen LogP contribution in [-0.4, -0.2) is 10.7 Å². The molecule has 6 heteroatoms. The lowest BCUT2D eigenvalue weighted by Gasteiger charge is -2.01. The van der Waals surface area contributed by atoms with Gasteiger partial charge >= 0.3 is 0 Å². The number of hydrogen-bond donors (Lipinski definition) is 0. The molecule has 24 heavy (non-hydrogen) atoms. The smallest absolute Gasteiger partial charge is 0.280 e. The molecule has 0 aliphatic carbocycles. The molecule has 0 fully saturated rings. The van der Waals surface area contributed by atoms with Crippen LogP contribution in [0.25, 0.3) is 17.4 Å². The van der Waals surface area contributed by atoms with Gasteiger partial charge in [-0.25, -0.2) is 0 Å². The number of aryl methyl sites for hydroxylation is 1. The molecular weight excluding hydrogens is 326 g/mol. The molecule has 3 rings (SSSR count). The van der Waals surface area contributed by atoms with Crippen LogP contribution >= 0.6 is 11.3 Å². The molecule has 0 saturated carbocycles. The number of nitro benzene ring substituents is 1. The van der Waals surface area contributed by atoms with Gasteiger partial charge in [0, 0.05) is 6.07 Å². The standard InChI is InChI=1S/C18H13NO4S/c1-12-4-7-14(15(11-12)19(21)22)17-9-6-13(23-17)5-8-16(20)18-3-2-10-24-18/h2-11H,1H3/b8-5+. The molecular formula is C18H13NO4S. The maximum Gasteiger partial charge on any atom is 0.280 e. The van der Waals surface area contributed by atoms with E-state index in [1.54, 1.807) is 43.3 Å². The van der Waals surface area contributed by atoms with Crippen molar-refractivity contribution in [1.29, 1.82) is 0 Å². The van der Waals surface area contributed by atoms with E-state index in [0.717, 1.165) is 5.56 Å². The molecule has 0 atom stereocenters. The number of allylic oxidation sites excluding steroid dienone is 1. The summed E-state index contributed by atoms with van der Waals surface area (Å²) >= 11 is 1.37. The predicted molar refractivity (Wildman–Crippen MR) is 93.2 cm³/mol. The maximum absolute atomic E-state index is 11.9. The van der Waals surface area contributed by atoms with E-state index in [0.29, 0.717) is 22.0 Å². The zero-order valence-corrected chi connectivity index (χ0v) is 13.6. The van der Waals surface area contributed by atoms with Crippen LogP contribution in [0.4, 0.5) is 5.69 Å². The number of thiophene rings is 1. The molecule has 0 unspecified atom stereocenters. The minimum absolute atomic E-state index is 0.00505. The molecule has 3 aromatic rings. The number of nitro groups is 1. The lowest BCUT2D eigenvalue weighted by atomic mass is 10.1. The van der Waals surface area contributed by atoms with E-state index in [1.165, 1.54) is 23.5 Å². The van der Waals surface area contributed by atoms with Crippen LogP contribution in [0.3, 0.4) is 0 Å². The van der Waals surface area contributed by atoms with Crippen LogP contribution in [0.15, 0.2) is 58.3 Å². The Kier molecular flexibility index (Phi) is 4.39. The van der Waals surface area contributed by atoms with Crippen molar-refractivity contribution in [2.24, 2.45) is 0 Å². The van der Waals surface area contributed by atoms with E-state index < -0.39 is 4.92 Å². The van der Waals surface area contributed by atoms with Gasteiger partial charge in [0.05, 0.1) is 15.4 Å². The topological polar surface area (TPSA) is 73.3 Å². The van der Waals surface area contributed by atoms with Gasteiger partial charge in [0.15, 0.2) is 5.78 Å². The van der Waals surface area contributed by atoms with Crippen molar-refractivity contribution in [2.75, 3.05) is 0 Å². The quantitative estimate of drug-likeness (QED) is 0.280. The first-order valence-electron chi connectivity index (χ1n) is 7.16. The molecule has 2 aromatic heterocycles. The maximum atomic E-state index is 11.9. The van der Waals surface area contributed by atoms with Crippen molar-refractivity contribution in [2.45, 2.75) is 6.92 Å². The van der Waals surface area contributed by atoms with Crippen LogP contribution in [0.5, 0.6) is 0 Å². The second-order valence-electron chi connectivity index (χ2n) is 5.15. The van der Waals surface area contributed by atoms with Gasteiger partial charge in [0.25, 0.3) is 5.69 Å². The van der Waals surface area contributed by atoms with Crippen molar-refractivity contribution in [3.63, 3.8) is 0 Å². The third-order valence-corrected chi connectivity index (χ3v) is 4.29. The van der Waals surface area contributed by atoms with Crippen LogP contribution in [0.2, 0.25) is 0 Å². The highest BCUT2D eigenvalue weighted by molar-refractivity contribution is 7.12. The SMILES string of the molecule is Cc1ccc(-c2ccc(/C=C/C(=O)c3cccs3)o2)c([N+](=O)[O-])c1. The Bertz CT molecular complexity index is 922. The van der Waals surface area contributed by atoms with Gasteiger partial charge in [0.2, 0.25) is 0 Å². The molecule has 0 radical (unpaired) electrons. The summed E-state index contributed by atoms with van der Waals surface area (Å²) in [4.78, 5) is 23.4. The molecule has 0 aliphatic rings. The zero-order valence-electron chi connectivity index (χ0n) is 12.8. The van der Waals surface area contributed by atoms with Gasteiger partial charge in [-0.05, 0) is 54.3 Å². The Hall–Kier alpha value is -2.99. The van der Waals surface area contributed by atoms with Crippen LogP contribution < -0.4 is 0 Å². The largest absolute Gasteiger partial charge is 0.456 e. The normalized spacial score (nSPS) is 11.0. The Balaban J connectivity index is 1.86. The van der Waals surface area contributed by atoms with Crippen molar-refractivity contribution in [1.82, 2.24) is 0 Å². The summed E-state index contributed by atoms with van der Waals surface area (Å²) in [5.41, 5.74) is 1.21. The van der Waals surface area contributed by atoms with E-state index in [1.807, 2.05) is 11.4 Å². The summed E-state index contributed by atoms with van der Waals surface area (Å²) in [7, 11) is 0. The Morgan fingerprint density at radius 1 is 1.25 bits per heavy atom. The number of hydrogen-bond acceptors (Lipinski definition) is 5. The zero-order chi connectivity index (χ0) is 17.1. The summed E-state index contributed by atoms with van der Waals surface area (Å²) in [6, 6.07) is 11.9. The van der Waals surface area contributed by atoms with Gasteiger partial charge < -0.3 is 4.42 Å². The number of rotatable bonds is 5. The van der Waals surface area contributed by atoms with E-state index in [9.17, 15) is 14.9 Å². The van der Waals surface area contributed by atoms with E-state index in [2.05, 4.69) is 0 Å². The molecule has 120 valence electrons. The van der Waals surface area contributed by atoms with Crippen LogP contribution in [-0.2, 0) is 0 Å². The fraction of sp³-hybridized carbons (Fsp3) is 0.0556. The summed E-state index contributed by atoms with van der Waals surface area (Å²) in [5.74, 6) is 0.749. The van der Waals surface area contributed by atoms with Crippen molar-refractivity contribution in [3.8, 4) is 11.3 Å². The molecule has 1 aromatic carbocycles. The number of nitrogens with zero attached hydrogens (tertiary/aromatic N) is 1. The first-order valence-corrected chi connectivity index (χ1v) is 8.04. The first-order chi connectivity index (χ1) is 11.5. The highest BCUT2D eigenvalue weighted by Crippen LogP contribution is 2.32. The predicted octanol–water partition coefficient (Wildman–Crippen LogP) is 5.12. The molecule has 0 amide bonds. The molecule has 5 nitrogen and oxygen atoms in total. The number of ketones is 1. The van der Waals surface area contributed by atoms with Gasteiger partial charge in [-0.2, -0.15) is 0 Å². The van der Waals surface area contributed by atoms with Gasteiger partial charge in [-0.1, -0.05) is 12.1 Å². The minimum atomic E-state index is -0.430. The Labute approximate surface area is 142 Å². The van der Waals surface area contributed by atoms with E-state index in [4.69, 9.17) is 4.42 Å². The molecule has 0 aliphatic heterocycles. The summed E-state index contributed by atoms with van der Waals surface area (Å²) in [6.45, 7) is 1.79. The van der Waals surface area contributed by atoms with Gasteiger partial charge in [0.1, 0.15) is 11.5 Å². The first kappa shape index (κ1) is 15.9. The molecule has 0 N–H and O–H groups in total. The van der Waals surface area contributed by atoms with E-state index in [-0.39, 0.29) is 11.5 Å². The third-order valence-electron chi connectivity index (χ3n) is 3.41. The highest BCUT2D eigenvalue weighted by atomic mass is 32.1. The lowest BCUT2D eigenvalue weighted by Crippen LogP contribution is -1.92. The fourth-order valence-corrected chi connectivity index (χ4v) is 2.89. The minimum Gasteiger partial charge on any atom is -0.456 e. The second-order valence-corrected chi connectivity index (χ2v) is 6.10. The van der Waals surface area contributed by atoms with Crippen LogP contribution in [0, 0.1) is 17.0 Å². The van der Waals surface area contributed by atoms with Gasteiger partial charge in [-0.3, -0.25) is 14.9 Å². The number of furan rings is 1. The number of benzene rings is 1. The van der Waals surface area contributed by atoms with Crippen LogP contribution in [0.1, 0.15) is 21.0 Å².